The second-order valence-electron chi connectivity index (χ2n) is 4.40. The van der Waals surface area contributed by atoms with Crippen molar-refractivity contribution in [3.05, 3.63) is 34.4 Å². The molecule has 4 heteroatoms. The summed E-state index contributed by atoms with van der Waals surface area (Å²) in [7, 11) is 0. The molecule has 0 aromatic carbocycles. The summed E-state index contributed by atoms with van der Waals surface area (Å²) in [4.78, 5) is 20.4. The van der Waals surface area contributed by atoms with Crippen LogP contribution in [0.4, 0.5) is 0 Å². The van der Waals surface area contributed by atoms with Crippen LogP contribution in [0.25, 0.3) is 0 Å². The van der Waals surface area contributed by atoms with E-state index in [1.165, 1.54) is 0 Å². The lowest BCUT2D eigenvalue weighted by atomic mass is 10.1. The van der Waals surface area contributed by atoms with Crippen molar-refractivity contribution in [2.75, 3.05) is 0 Å². The number of aryl methyl sites for hydroxylation is 3. The molecule has 1 aromatic rings. The molecule has 0 atom stereocenters. The van der Waals surface area contributed by atoms with Crippen molar-refractivity contribution in [1.29, 1.82) is 0 Å². The molecular weight excluding hydrogens is 226 g/mol. The summed E-state index contributed by atoms with van der Waals surface area (Å²) in [6, 6.07) is 0. The van der Waals surface area contributed by atoms with Crippen LogP contribution in [0.3, 0.4) is 0 Å². The van der Waals surface area contributed by atoms with Gasteiger partial charge in [0.1, 0.15) is 5.82 Å². The fourth-order valence-corrected chi connectivity index (χ4v) is 1.87. The Morgan fingerprint density at radius 1 is 1.22 bits per heavy atom. The average molecular weight is 247 g/mol. The largest absolute Gasteiger partial charge is 0.348 e. The molecule has 4 nitrogen and oxygen atoms in total. The lowest BCUT2D eigenvalue weighted by Crippen LogP contribution is -2.25. The highest BCUT2D eigenvalue weighted by Gasteiger charge is 2.09. The number of carbonyl (C=O) groups excluding carboxylic acids is 1. The highest BCUT2D eigenvalue weighted by Crippen LogP contribution is 2.09. The number of amides is 1. The van der Waals surface area contributed by atoms with E-state index in [4.69, 9.17) is 0 Å². The normalized spacial score (nSPS) is 11.5. The minimum Gasteiger partial charge on any atom is -0.348 e. The van der Waals surface area contributed by atoms with Crippen molar-refractivity contribution in [2.45, 2.75) is 47.6 Å². The van der Waals surface area contributed by atoms with Crippen molar-refractivity contribution >= 4 is 5.91 Å². The van der Waals surface area contributed by atoms with Gasteiger partial charge in [-0.25, -0.2) is 9.97 Å². The Morgan fingerprint density at radius 3 is 2.28 bits per heavy atom. The molecule has 0 bridgehead atoms. The van der Waals surface area contributed by atoms with E-state index in [0.717, 1.165) is 34.8 Å². The first-order valence-electron chi connectivity index (χ1n) is 6.21. The Balaban J connectivity index is 2.76. The first-order valence-corrected chi connectivity index (χ1v) is 6.21. The molecule has 0 saturated heterocycles. The molecule has 0 aliphatic carbocycles. The summed E-state index contributed by atoms with van der Waals surface area (Å²) in [5, 5.41) is 2.90. The van der Waals surface area contributed by atoms with Crippen LogP contribution in [0.5, 0.6) is 0 Å². The maximum Gasteiger partial charge on any atom is 0.246 e. The van der Waals surface area contributed by atoms with Crippen LogP contribution >= 0.6 is 0 Å². The van der Waals surface area contributed by atoms with Crippen molar-refractivity contribution in [3.63, 3.8) is 0 Å². The quantitative estimate of drug-likeness (QED) is 0.831. The predicted octanol–water partition coefficient (Wildman–Crippen LogP) is 2.37. The zero-order valence-electron chi connectivity index (χ0n) is 11.8. The van der Waals surface area contributed by atoms with Gasteiger partial charge in [-0.2, -0.15) is 0 Å². The lowest BCUT2D eigenvalue weighted by Gasteiger charge is -2.11. The fourth-order valence-electron chi connectivity index (χ4n) is 1.87. The zero-order valence-corrected chi connectivity index (χ0v) is 11.8. The fraction of sp³-hybridized carbons (Fsp3) is 0.500. The Kier molecular flexibility index (Phi) is 5.01. The maximum absolute atomic E-state index is 11.8. The second kappa shape index (κ2) is 6.28. The third-order valence-corrected chi connectivity index (χ3v) is 2.83. The minimum absolute atomic E-state index is 0.0313. The molecule has 1 N–H and O–H groups in total. The monoisotopic (exact) mass is 247 g/mol. The number of rotatable bonds is 4. The van der Waals surface area contributed by atoms with Gasteiger partial charge in [-0.3, -0.25) is 4.79 Å². The van der Waals surface area contributed by atoms with Crippen LogP contribution in [0.15, 0.2) is 11.6 Å². The number of hydrogen-bond acceptors (Lipinski definition) is 3. The highest BCUT2D eigenvalue weighted by atomic mass is 16.1. The lowest BCUT2D eigenvalue weighted by molar-refractivity contribution is -0.117. The summed E-state index contributed by atoms with van der Waals surface area (Å²) < 4.78 is 0. The summed E-state index contributed by atoms with van der Waals surface area (Å²) in [5.74, 6) is 0.735. The van der Waals surface area contributed by atoms with Gasteiger partial charge in [0.25, 0.3) is 0 Å². The van der Waals surface area contributed by atoms with Gasteiger partial charge in [-0.05, 0) is 34.1 Å². The summed E-state index contributed by atoms with van der Waals surface area (Å²) in [6.45, 7) is 10.1. The maximum atomic E-state index is 11.8. The summed E-state index contributed by atoms with van der Waals surface area (Å²) in [5.41, 5.74) is 3.61. The van der Waals surface area contributed by atoms with Gasteiger partial charge in [0.2, 0.25) is 5.91 Å². The van der Waals surface area contributed by atoms with E-state index in [-0.39, 0.29) is 5.91 Å². The van der Waals surface area contributed by atoms with E-state index in [9.17, 15) is 4.79 Å². The molecule has 0 saturated carbocycles. The van der Waals surface area contributed by atoms with Crippen molar-refractivity contribution in [3.8, 4) is 0 Å². The first kappa shape index (κ1) is 14.4. The van der Waals surface area contributed by atoms with Crippen LogP contribution in [0.1, 0.15) is 43.0 Å². The van der Waals surface area contributed by atoms with Crippen LogP contribution < -0.4 is 5.32 Å². The number of aromatic nitrogens is 2. The van der Waals surface area contributed by atoms with Gasteiger partial charge in [0.15, 0.2) is 0 Å². The Labute approximate surface area is 109 Å². The molecule has 1 amide bonds. The molecule has 0 unspecified atom stereocenters. The van der Waals surface area contributed by atoms with Gasteiger partial charge in [0, 0.05) is 29.1 Å². The molecule has 0 aliphatic rings. The van der Waals surface area contributed by atoms with E-state index >= 15 is 0 Å². The molecule has 1 aromatic heterocycles. The molecule has 98 valence electrons. The van der Waals surface area contributed by atoms with Crippen molar-refractivity contribution in [2.24, 2.45) is 0 Å². The Morgan fingerprint density at radius 2 is 1.78 bits per heavy atom. The molecule has 0 spiro atoms. The van der Waals surface area contributed by atoms with E-state index in [1.54, 1.807) is 0 Å². The number of nitrogens with one attached hydrogen (secondary N) is 1. The highest BCUT2D eigenvalue weighted by molar-refractivity contribution is 5.92. The van der Waals surface area contributed by atoms with E-state index in [1.807, 2.05) is 40.7 Å². The topological polar surface area (TPSA) is 54.9 Å². The molecule has 1 heterocycles. The molecule has 1 rings (SSSR count). The van der Waals surface area contributed by atoms with Crippen LogP contribution in [-0.2, 0) is 11.3 Å². The Bertz CT molecular complexity index is 455. The van der Waals surface area contributed by atoms with E-state index in [0.29, 0.717) is 6.54 Å². The second-order valence-corrected chi connectivity index (χ2v) is 4.40. The number of carbonyl (C=O) groups is 1. The smallest absolute Gasteiger partial charge is 0.246 e. The van der Waals surface area contributed by atoms with Gasteiger partial charge >= 0.3 is 0 Å². The summed E-state index contributed by atoms with van der Waals surface area (Å²) in [6.07, 6.45) is 2.78. The standard InChI is InChI=1S/C14H21N3O/c1-6-7-9(2)14(18)15-8-13-10(3)16-12(5)17-11(13)4/h7H,6,8H2,1-5H3,(H,15,18)/b9-7+. The van der Waals surface area contributed by atoms with Gasteiger partial charge in [-0.1, -0.05) is 13.0 Å². The van der Waals surface area contributed by atoms with E-state index < -0.39 is 0 Å². The molecule has 0 aliphatic heterocycles. The van der Waals surface area contributed by atoms with Gasteiger partial charge < -0.3 is 5.32 Å². The average Bonchev–Trinajstić information content (AvgIpc) is 2.27. The third kappa shape index (κ3) is 3.65. The first-order chi connectivity index (χ1) is 8.45. The van der Waals surface area contributed by atoms with Gasteiger partial charge in [-0.15, -0.1) is 0 Å². The summed E-state index contributed by atoms with van der Waals surface area (Å²) >= 11 is 0. The molecule has 18 heavy (non-hydrogen) atoms. The molecule has 0 radical (unpaired) electrons. The Hall–Kier alpha value is -1.71. The minimum atomic E-state index is -0.0313. The molecule has 0 fully saturated rings. The third-order valence-electron chi connectivity index (χ3n) is 2.83. The van der Waals surface area contributed by atoms with E-state index in [2.05, 4.69) is 15.3 Å². The number of nitrogens with zero attached hydrogens (tertiary/aromatic N) is 2. The number of hydrogen-bond donors (Lipinski definition) is 1. The molecular formula is C14H21N3O. The van der Waals surface area contributed by atoms with Crippen molar-refractivity contribution in [1.82, 2.24) is 15.3 Å². The van der Waals surface area contributed by atoms with Crippen LogP contribution in [0, 0.1) is 20.8 Å². The zero-order chi connectivity index (χ0) is 13.7. The SMILES string of the molecule is CC/C=C(\C)C(=O)NCc1c(C)nc(C)nc1C. The van der Waals surface area contributed by atoms with Crippen molar-refractivity contribution < 1.29 is 4.79 Å². The predicted molar refractivity (Wildman–Crippen MR) is 72.1 cm³/mol. The number of allylic oxidation sites excluding steroid dienone is 1. The van der Waals surface area contributed by atoms with Crippen LogP contribution in [0.2, 0.25) is 0 Å². The van der Waals surface area contributed by atoms with Crippen LogP contribution in [-0.4, -0.2) is 15.9 Å². The van der Waals surface area contributed by atoms with Gasteiger partial charge in [0.05, 0.1) is 0 Å².